The minimum absolute atomic E-state index is 0.0676. The van der Waals surface area contributed by atoms with Gasteiger partial charge in [0.25, 0.3) is 0 Å². The fourth-order valence-electron chi connectivity index (χ4n) is 1.60. The second kappa shape index (κ2) is 4.16. The van der Waals surface area contributed by atoms with Crippen LogP contribution in [0.1, 0.15) is 19.3 Å². The first kappa shape index (κ1) is 10.4. The molecule has 0 amide bonds. The second-order valence-electron chi connectivity index (χ2n) is 3.57. The van der Waals surface area contributed by atoms with Crippen molar-refractivity contribution in [2.24, 2.45) is 0 Å². The van der Waals surface area contributed by atoms with Crippen LogP contribution in [0.15, 0.2) is 9.98 Å². The van der Waals surface area contributed by atoms with Crippen molar-refractivity contribution >= 4 is 32.4 Å². The van der Waals surface area contributed by atoms with Gasteiger partial charge in [0.1, 0.15) is 4.60 Å². The molecule has 78 valence electrons. The predicted octanol–water partition coefficient (Wildman–Crippen LogP) is 2.89. The summed E-state index contributed by atoms with van der Waals surface area (Å²) in [6.07, 6.45) is 3.59. The second-order valence-corrected chi connectivity index (χ2v) is 5.24. The van der Waals surface area contributed by atoms with Gasteiger partial charge in [-0.25, -0.2) is 4.98 Å². The summed E-state index contributed by atoms with van der Waals surface area (Å²) < 4.78 is 6.40. The summed E-state index contributed by atoms with van der Waals surface area (Å²) in [6.45, 7) is 0.865. The maximum atomic E-state index is 5.50. The van der Waals surface area contributed by atoms with Crippen LogP contribution in [0.5, 0.6) is 0 Å². The molecule has 1 aromatic rings. The maximum absolute atomic E-state index is 5.50. The molecule has 3 nitrogen and oxygen atoms in total. The molecule has 1 heterocycles. The summed E-state index contributed by atoms with van der Waals surface area (Å²) in [5.41, 5.74) is 0.0676. The van der Waals surface area contributed by atoms with Gasteiger partial charge in [-0.15, -0.1) is 11.3 Å². The van der Waals surface area contributed by atoms with Crippen molar-refractivity contribution in [3.63, 3.8) is 0 Å². The van der Waals surface area contributed by atoms with Crippen LogP contribution >= 0.6 is 27.3 Å². The number of hydrogen-bond acceptors (Lipinski definition) is 4. The van der Waals surface area contributed by atoms with E-state index in [1.54, 1.807) is 18.4 Å². The van der Waals surface area contributed by atoms with E-state index < -0.39 is 0 Å². The van der Waals surface area contributed by atoms with E-state index in [4.69, 9.17) is 4.74 Å². The zero-order valence-electron chi connectivity index (χ0n) is 8.05. The Kier molecular flexibility index (Phi) is 3.09. The van der Waals surface area contributed by atoms with Gasteiger partial charge in [-0.05, 0) is 35.2 Å². The Morgan fingerprint density at radius 2 is 2.50 bits per heavy atom. The Labute approximate surface area is 96.0 Å². The predicted molar refractivity (Wildman–Crippen MR) is 61.9 cm³/mol. The van der Waals surface area contributed by atoms with E-state index >= 15 is 0 Å². The molecule has 0 saturated heterocycles. The number of anilines is 1. The van der Waals surface area contributed by atoms with Gasteiger partial charge in [-0.2, -0.15) is 0 Å². The number of aromatic nitrogens is 1. The number of nitrogens with one attached hydrogen (secondary N) is 1. The van der Waals surface area contributed by atoms with E-state index in [0.717, 1.165) is 29.1 Å². The highest BCUT2D eigenvalue weighted by Gasteiger charge is 2.36. The molecule has 0 atom stereocenters. The number of hydrogen-bond donors (Lipinski definition) is 1. The fraction of sp³-hybridized carbons (Fsp3) is 0.667. The van der Waals surface area contributed by atoms with Gasteiger partial charge in [0.2, 0.25) is 0 Å². The summed E-state index contributed by atoms with van der Waals surface area (Å²) in [6, 6.07) is 0. The third-order valence-corrected chi connectivity index (χ3v) is 4.25. The first-order valence-electron chi connectivity index (χ1n) is 4.64. The molecule has 0 aromatic carbocycles. The smallest absolute Gasteiger partial charge is 0.183 e. The highest BCUT2D eigenvalue weighted by Crippen LogP contribution is 2.35. The summed E-state index contributed by atoms with van der Waals surface area (Å²) in [5.74, 6) is 0. The van der Waals surface area contributed by atoms with Gasteiger partial charge in [0, 0.05) is 19.0 Å². The van der Waals surface area contributed by atoms with Gasteiger partial charge >= 0.3 is 0 Å². The summed E-state index contributed by atoms with van der Waals surface area (Å²) >= 11 is 4.94. The molecule has 0 unspecified atom stereocenters. The van der Waals surface area contributed by atoms with E-state index in [1.807, 2.05) is 5.38 Å². The first-order valence-corrected chi connectivity index (χ1v) is 6.31. The van der Waals surface area contributed by atoms with Crippen LogP contribution in [0, 0.1) is 0 Å². The summed E-state index contributed by atoms with van der Waals surface area (Å²) in [5, 5.41) is 6.24. The van der Waals surface area contributed by atoms with Crippen LogP contribution in [0.4, 0.5) is 5.13 Å². The zero-order chi connectivity index (χ0) is 10.0. The van der Waals surface area contributed by atoms with Gasteiger partial charge in [-0.3, -0.25) is 0 Å². The lowest BCUT2D eigenvalue weighted by Gasteiger charge is -2.40. The van der Waals surface area contributed by atoms with Crippen LogP contribution in [0.2, 0.25) is 0 Å². The van der Waals surface area contributed by atoms with Crippen LogP contribution in [-0.4, -0.2) is 24.2 Å². The minimum Gasteiger partial charge on any atom is -0.376 e. The van der Waals surface area contributed by atoms with Gasteiger partial charge in [-0.1, -0.05) is 0 Å². The molecule has 1 N–H and O–H groups in total. The SMILES string of the molecule is COC1(CNc2nc(Br)cs2)CCC1. The first-order chi connectivity index (χ1) is 6.74. The van der Waals surface area contributed by atoms with Gasteiger partial charge in [0.15, 0.2) is 5.13 Å². The molecule has 0 aliphatic heterocycles. The Hall–Kier alpha value is -0.130. The monoisotopic (exact) mass is 276 g/mol. The van der Waals surface area contributed by atoms with Crippen molar-refractivity contribution in [1.29, 1.82) is 0 Å². The molecule has 1 aromatic heterocycles. The van der Waals surface area contributed by atoms with Gasteiger partial charge < -0.3 is 10.1 Å². The van der Waals surface area contributed by atoms with Crippen LogP contribution in [-0.2, 0) is 4.74 Å². The Bertz CT molecular complexity index is 306. The van der Waals surface area contributed by atoms with Crippen molar-refractivity contribution < 1.29 is 4.74 Å². The molecule has 1 aliphatic carbocycles. The lowest BCUT2D eigenvalue weighted by molar-refractivity contribution is -0.0601. The van der Waals surface area contributed by atoms with Crippen molar-refractivity contribution in [3.05, 3.63) is 9.98 Å². The average molecular weight is 277 g/mol. The van der Waals surface area contributed by atoms with Crippen LogP contribution < -0.4 is 5.32 Å². The maximum Gasteiger partial charge on any atom is 0.183 e. The van der Waals surface area contributed by atoms with E-state index in [9.17, 15) is 0 Å². The molecule has 1 fully saturated rings. The fourth-order valence-corrected chi connectivity index (χ4v) is 2.74. The van der Waals surface area contributed by atoms with E-state index in [1.165, 1.54) is 6.42 Å². The largest absolute Gasteiger partial charge is 0.376 e. The van der Waals surface area contributed by atoms with Crippen molar-refractivity contribution in [2.45, 2.75) is 24.9 Å². The summed E-state index contributed by atoms with van der Waals surface area (Å²) in [7, 11) is 1.79. The lowest BCUT2D eigenvalue weighted by atomic mass is 9.80. The van der Waals surface area contributed by atoms with Crippen LogP contribution in [0.25, 0.3) is 0 Å². The molecule has 5 heteroatoms. The number of thiazole rings is 1. The standard InChI is InChI=1S/C9H13BrN2OS/c1-13-9(3-2-4-9)6-11-8-12-7(10)5-14-8/h5H,2-4,6H2,1H3,(H,11,12). The minimum atomic E-state index is 0.0676. The third-order valence-electron chi connectivity index (χ3n) is 2.74. The van der Waals surface area contributed by atoms with Crippen LogP contribution in [0.3, 0.4) is 0 Å². The highest BCUT2D eigenvalue weighted by molar-refractivity contribution is 9.10. The van der Waals surface area contributed by atoms with E-state index in [0.29, 0.717) is 0 Å². The Balaban J connectivity index is 1.87. The van der Waals surface area contributed by atoms with Crippen molar-refractivity contribution in [3.8, 4) is 0 Å². The normalized spacial score (nSPS) is 19.0. The zero-order valence-corrected chi connectivity index (χ0v) is 10.4. The number of methoxy groups -OCH3 is 1. The van der Waals surface area contributed by atoms with E-state index in [-0.39, 0.29) is 5.60 Å². The molecule has 1 saturated carbocycles. The Morgan fingerprint density at radius 1 is 1.71 bits per heavy atom. The van der Waals surface area contributed by atoms with Gasteiger partial charge in [0.05, 0.1) is 5.60 Å². The molecular weight excluding hydrogens is 264 g/mol. The molecule has 0 spiro atoms. The lowest BCUT2D eigenvalue weighted by Crippen LogP contribution is -2.45. The quantitative estimate of drug-likeness (QED) is 0.918. The Morgan fingerprint density at radius 3 is 2.93 bits per heavy atom. The topological polar surface area (TPSA) is 34.1 Å². The van der Waals surface area contributed by atoms with E-state index in [2.05, 4.69) is 26.2 Å². The molecule has 0 bridgehead atoms. The number of ether oxygens (including phenoxy) is 1. The molecule has 0 radical (unpaired) electrons. The highest BCUT2D eigenvalue weighted by atomic mass is 79.9. The van der Waals surface area contributed by atoms with Crippen molar-refractivity contribution in [1.82, 2.24) is 4.98 Å². The van der Waals surface area contributed by atoms with Crippen molar-refractivity contribution in [2.75, 3.05) is 19.0 Å². The number of halogens is 1. The molecular formula is C9H13BrN2OS. The molecule has 2 rings (SSSR count). The number of rotatable bonds is 4. The average Bonchev–Trinajstić information content (AvgIpc) is 2.50. The molecule has 1 aliphatic rings. The molecule has 14 heavy (non-hydrogen) atoms. The number of nitrogens with zero attached hydrogens (tertiary/aromatic N) is 1. The third kappa shape index (κ3) is 2.10. The summed E-state index contributed by atoms with van der Waals surface area (Å²) in [4.78, 5) is 4.27.